The maximum absolute atomic E-state index is 4.48. The Bertz CT molecular complexity index is 563. The lowest BCUT2D eigenvalue weighted by atomic mass is 9.95. The van der Waals surface area contributed by atoms with E-state index >= 15 is 0 Å². The van der Waals surface area contributed by atoms with E-state index in [0.29, 0.717) is 0 Å². The van der Waals surface area contributed by atoms with Crippen LogP contribution in [-0.4, -0.2) is 9.78 Å². The Balaban J connectivity index is 2.30. The lowest BCUT2D eigenvalue weighted by Crippen LogP contribution is -2.21. The third-order valence-corrected chi connectivity index (χ3v) is 3.54. The third kappa shape index (κ3) is 3.06. The summed E-state index contributed by atoms with van der Waals surface area (Å²) in [6.07, 6.45) is 5.12. The molecule has 0 atom stereocenters. The summed E-state index contributed by atoms with van der Waals surface area (Å²) in [6.45, 7) is 13.1. The minimum atomic E-state index is 0.0512. The summed E-state index contributed by atoms with van der Waals surface area (Å²) in [7, 11) is 0. The minimum Gasteiger partial charge on any atom is -0.267 e. The van der Waals surface area contributed by atoms with Crippen molar-refractivity contribution >= 4 is 0 Å². The maximum Gasteiger partial charge on any atom is 0.0543 e. The molecular weight excluding hydrogens is 232 g/mol. The summed E-state index contributed by atoms with van der Waals surface area (Å²) in [6, 6.07) is 4.52. The van der Waals surface area contributed by atoms with Crippen molar-refractivity contribution in [3.05, 3.63) is 52.3 Å². The lowest BCUT2D eigenvalue weighted by molar-refractivity contribution is 0.355. The molecule has 0 aliphatic rings. The van der Waals surface area contributed by atoms with Crippen molar-refractivity contribution in [2.45, 2.75) is 53.5 Å². The highest BCUT2D eigenvalue weighted by Crippen LogP contribution is 2.21. The number of hydrogen-bond donors (Lipinski definition) is 0. The zero-order chi connectivity index (χ0) is 14.2. The molecule has 0 saturated heterocycles. The minimum absolute atomic E-state index is 0.0512. The third-order valence-electron chi connectivity index (χ3n) is 3.54. The smallest absolute Gasteiger partial charge is 0.0543 e. The first kappa shape index (κ1) is 13.9. The molecule has 0 radical (unpaired) electrons. The Hall–Kier alpha value is -1.57. The van der Waals surface area contributed by atoms with Crippen molar-refractivity contribution < 1.29 is 0 Å². The van der Waals surface area contributed by atoms with Crippen LogP contribution in [0.25, 0.3) is 0 Å². The molecule has 0 amide bonds. The van der Waals surface area contributed by atoms with Gasteiger partial charge in [-0.1, -0.05) is 17.7 Å². The van der Waals surface area contributed by atoms with Crippen LogP contribution in [0.2, 0.25) is 0 Å². The van der Waals surface area contributed by atoms with Gasteiger partial charge in [-0.3, -0.25) is 4.68 Å². The normalized spacial score (nSPS) is 11.9. The highest BCUT2D eigenvalue weighted by atomic mass is 15.3. The van der Waals surface area contributed by atoms with Crippen LogP contribution < -0.4 is 0 Å². The van der Waals surface area contributed by atoms with E-state index in [9.17, 15) is 0 Å². The molecule has 0 bridgehead atoms. The van der Waals surface area contributed by atoms with Gasteiger partial charge in [0.05, 0.1) is 11.7 Å². The second-order valence-electron chi connectivity index (χ2n) is 6.52. The Morgan fingerprint density at radius 1 is 1.05 bits per heavy atom. The zero-order valence-corrected chi connectivity index (χ0v) is 12.9. The van der Waals surface area contributed by atoms with Gasteiger partial charge in [0.25, 0.3) is 0 Å². The predicted octanol–water partition coefficient (Wildman–Crippen LogP) is 4.15. The van der Waals surface area contributed by atoms with E-state index in [-0.39, 0.29) is 5.54 Å². The number of hydrogen-bond acceptors (Lipinski definition) is 1. The average Bonchev–Trinajstić information content (AvgIpc) is 2.71. The maximum atomic E-state index is 4.48. The number of aryl methyl sites for hydroxylation is 3. The first-order chi connectivity index (χ1) is 8.77. The lowest BCUT2D eigenvalue weighted by Gasteiger charge is -2.18. The molecule has 0 unspecified atom stereocenters. The number of nitrogens with zero attached hydrogens (tertiary/aromatic N) is 2. The summed E-state index contributed by atoms with van der Waals surface area (Å²) in [4.78, 5) is 0. The van der Waals surface area contributed by atoms with Gasteiger partial charge in [-0.05, 0) is 63.8 Å². The largest absolute Gasteiger partial charge is 0.267 e. The van der Waals surface area contributed by atoms with E-state index in [4.69, 9.17) is 0 Å². The van der Waals surface area contributed by atoms with E-state index in [0.717, 1.165) is 6.42 Å². The van der Waals surface area contributed by atoms with Crippen LogP contribution in [0.1, 0.15) is 48.6 Å². The highest BCUT2D eigenvalue weighted by molar-refractivity contribution is 5.40. The molecule has 1 aromatic carbocycles. The van der Waals surface area contributed by atoms with Gasteiger partial charge < -0.3 is 0 Å². The molecule has 102 valence electrons. The zero-order valence-electron chi connectivity index (χ0n) is 12.9. The van der Waals surface area contributed by atoms with E-state index < -0.39 is 0 Å². The molecule has 0 aliphatic heterocycles. The molecule has 2 rings (SSSR count). The predicted molar refractivity (Wildman–Crippen MR) is 80.7 cm³/mol. The summed E-state index contributed by atoms with van der Waals surface area (Å²) >= 11 is 0. The van der Waals surface area contributed by atoms with Crippen LogP contribution in [0.5, 0.6) is 0 Å². The van der Waals surface area contributed by atoms with Crippen molar-refractivity contribution in [3.63, 3.8) is 0 Å². The van der Waals surface area contributed by atoms with Gasteiger partial charge in [0.1, 0.15) is 0 Å². The van der Waals surface area contributed by atoms with Crippen molar-refractivity contribution in [3.8, 4) is 0 Å². The van der Waals surface area contributed by atoms with E-state index in [1.165, 1.54) is 27.8 Å². The fourth-order valence-corrected chi connectivity index (χ4v) is 2.51. The van der Waals surface area contributed by atoms with Crippen LogP contribution in [0.3, 0.4) is 0 Å². The Morgan fingerprint density at radius 2 is 1.63 bits per heavy atom. The first-order valence-corrected chi connectivity index (χ1v) is 6.88. The standard InChI is InChI=1S/C17H24N2/c1-12-7-13(2)16(14(3)8-12)9-15-10-18-19(11-15)17(4,5)6/h7-8,10-11H,9H2,1-6H3. The second kappa shape index (κ2) is 4.84. The molecule has 0 saturated carbocycles. The van der Waals surface area contributed by atoms with E-state index in [2.05, 4.69) is 65.0 Å². The van der Waals surface area contributed by atoms with Crippen molar-refractivity contribution in [2.75, 3.05) is 0 Å². The van der Waals surface area contributed by atoms with Crippen LogP contribution in [0.15, 0.2) is 24.5 Å². The molecule has 0 aliphatic carbocycles. The molecule has 2 heteroatoms. The summed E-state index contributed by atoms with van der Waals surface area (Å²) in [5.74, 6) is 0. The van der Waals surface area contributed by atoms with Gasteiger partial charge in [0, 0.05) is 12.6 Å². The van der Waals surface area contributed by atoms with Gasteiger partial charge in [-0.2, -0.15) is 5.10 Å². The molecule has 0 N–H and O–H groups in total. The topological polar surface area (TPSA) is 17.8 Å². The van der Waals surface area contributed by atoms with Gasteiger partial charge in [0.2, 0.25) is 0 Å². The van der Waals surface area contributed by atoms with Crippen molar-refractivity contribution in [2.24, 2.45) is 0 Å². The van der Waals surface area contributed by atoms with Gasteiger partial charge in [0.15, 0.2) is 0 Å². The molecular formula is C17H24N2. The number of rotatable bonds is 2. The van der Waals surface area contributed by atoms with Gasteiger partial charge >= 0.3 is 0 Å². The second-order valence-corrected chi connectivity index (χ2v) is 6.52. The van der Waals surface area contributed by atoms with Crippen LogP contribution in [0.4, 0.5) is 0 Å². The van der Waals surface area contributed by atoms with Crippen molar-refractivity contribution in [1.29, 1.82) is 0 Å². The summed E-state index contributed by atoms with van der Waals surface area (Å²) in [5, 5.41) is 4.48. The molecule has 2 aromatic rings. The van der Waals surface area contributed by atoms with Crippen LogP contribution >= 0.6 is 0 Å². The van der Waals surface area contributed by atoms with Crippen molar-refractivity contribution in [1.82, 2.24) is 9.78 Å². The number of aromatic nitrogens is 2. The molecule has 19 heavy (non-hydrogen) atoms. The summed E-state index contributed by atoms with van der Waals surface area (Å²) in [5.41, 5.74) is 6.85. The molecule has 1 heterocycles. The average molecular weight is 256 g/mol. The number of benzene rings is 1. The molecule has 0 spiro atoms. The first-order valence-electron chi connectivity index (χ1n) is 6.88. The van der Waals surface area contributed by atoms with E-state index in [1.54, 1.807) is 0 Å². The monoisotopic (exact) mass is 256 g/mol. The summed E-state index contributed by atoms with van der Waals surface area (Å²) < 4.78 is 2.04. The Labute approximate surface area is 116 Å². The van der Waals surface area contributed by atoms with Crippen LogP contribution in [-0.2, 0) is 12.0 Å². The van der Waals surface area contributed by atoms with Gasteiger partial charge in [-0.25, -0.2) is 0 Å². The Kier molecular flexibility index (Phi) is 3.53. The van der Waals surface area contributed by atoms with Crippen LogP contribution in [0, 0.1) is 20.8 Å². The molecule has 1 aromatic heterocycles. The molecule has 2 nitrogen and oxygen atoms in total. The highest BCUT2D eigenvalue weighted by Gasteiger charge is 2.14. The fraction of sp³-hybridized carbons (Fsp3) is 0.471. The van der Waals surface area contributed by atoms with Gasteiger partial charge in [-0.15, -0.1) is 0 Å². The molecule has 0 fully saturated rings. The Morgan fingerprint density at radius 3 is 2.11 bits per heavy atom. The quantitative estimate of drug-likeness (QED) is 0.789. The van der Waals surface area contributed by atoms with E-state index in [1.807, 2.05) is 10.9 Å². The fourth-order valence-electron chi connectivity index (χ4n) is 2.51. The SMILES string of the molecule is Cc1cc(C)c(Cc2cnn(C(C)(C)C)c2)c(C)c1.